The van der Waals surface area contributed by atoms with Gasteiger partial charge in [0.2, 0.25) is 5.01 Å². The smallest absolute Gasteiger partial charge is 0.286 e. The lowest BCUT2D eigenvalue weighted by Crippen LogP contribution is -2.15. The Bertz CT molecular complexity index is 1320. The fourth-order valence-corrected chi connectivity index (χ4v) is 5.22. The average Bonchev–Trinajstić information content (AvgIpc) is 3.51. The zero-order chi connectivity index (χ0) is 23.5. The number of anilines is 1. The molecule has 1 aliphatic rings. The number of halogens is 1. The lowest BCUT2D eigenvalue weighted by molar-refractivity contribution is 0.102. The number of hydrogen-bond donors (Lipinski definition) is 1. The molecule has 2 aromatic carbocycles. The van der Waals surface area contributed by atoms with Gasteiger partial charge in [0.15, 0.2) is 16.7 Å². The third-order valence-corrected chi connectivity index (χ3v) is 7.17. The van der Waals surface area contributed by atoms with Crippen LogP contribution in [0.3, 0.4) is 0 Å². The van der Waals surface area contributed by atoms with Gasteiger partial charge in [0, 0.05) is 17.8 Å². The van der Waals surface area contributed by atoms with Gasteiger partial charge in [-0.2, -0.15) is 0 Å². The van der Waals surface area contributed by atoms with Crippen LogP contribution in [-0.2, 0) is 12.3 Å². The Labute approximate surface area is 203 Å². The predicted molar refractivity (Wildman–Crippen MR) is 128 cm³/mol. The number of nitrogens with one attached hydrogen (secondary N) is 1. The largest absolute Gasteiger partial charge is 0.486 e. The van der Waals surface area contributed by atoms with E-state index in [-0.39, 0.29) is 16.7 Å². The summed E-state index contributed by atoms with van der Waals surface area (Å²) in [6.45, 7) is 3.90. The van der Waals surface area contributed by atoms with Crippen molar-refractivity contribution in [2.75, 3.05) is 18.5 Å². The Balaban J connectivity index is 1.26. The maximum absolute atomic E-state index is 13.0. The van der Waals surface area contributed by atoms with E-state index in [1.54, 1.807) is 0 Å². The first-order chi connectivity index (χ1) is 16.6. The molecular weight excluding hydrogens is 477 g/mol. The molecule has 0 atom stereocenters. The molecule has 4 aromatic rings. The van der Waals surface area contributed by atoms with Gasteiger partial charge in [-0.25, -0.2) is 9.37 Å². The molecule has 0 aliphatic carbocycles. The topological polar surface area (TPSA) is 91.2 Å². The molecule has 1 N–H and O–H groups in total. The van der Waals surface area contributed by atoms with Crippen LogP contribution in [0.15, 0.2) is 53.8 Å². The van der Waals surface area contributed by atoms with Crippen molar-refractivity contribution in [1.82, 2.24) is 19.7 Å². The van der Waals surface area contributed by atoms with Crippen LogP contribution in [-0.4, -0.2) is 38.9 Å². The zero-order valence-electron chi connectivity index (χ0n) is 18.2. The highest BCUT2D eigenvalue weighted by molar-refractivity contribution is 7.98. The molecule has 5 rings (SSSR count). The summed E-state index contributed by atoms with van der Waals surface area (Å²) in [5, 5.41) is 12.6. The first kappa shape index (κ1) is 22.4. The summed E-state index contributed by atoms with van der Waals surface area (Å²) in [6, 6.07) is 11.5. The van der Waals surface area contributed by atoms with Gasteiger partial charge in [-0.05, 0) is 49.4 Å². The highest BCUT2D eigenvalue weighted by Crippen LogP contribution is 2.36. The molecule has 0 saturated carbocycles. The number of carbonyl (C=O) groups excluding carboxylic acids is 1. The van der Waals surface area contributed by atoms with E-state index in [0.717, 1.165) is 34.5 Å². The molecule has 3 heterocycles. The van der Waals surface area contributed by atoms with Crippen molar-refractivity contribution in [2.45, 2.75) is 24.4 Å². The third kappa shape index (κ3) is 4.75. The van der Waals surface area contributed by atoms with Gasteiger partial charge < -0.3 is 19.4 Å². The summed E-state index contributed by atoms with van der Waals surface area (Å²) in [7, 11) is 0. The first-order valence-corrected chi connectivity index (χ1v) is 12.4. The Morgan fingerprint density at radius 1 is 1.15 bits per heavy atom. The van der Waals surface area contributed by atoms with Crippen molar-refractivity contribution in [2.24, 2.45) is 0 Å². The molecule has 2 aromatic heterocycles. The van der Waals surface area contributed by atoms with Gasteiger partial charge >= 0.3 is 0 Å². The molecule has 0 bridgehead atoms. The van der Waals surface area contributed by atoms with E-state index in [9.17, 15) is 9.18 Å². The number of benzene rings is 2. The highest BCUT2D eigenvalue weighted by atomic mass is 32.2. The number of hydrogen-bond acceptors (Lipinski definition) is 8. The van der Waals surface area contributed by atoms with Crippen LogP contribution in [0.4, 0.5) is 10.1 Å². The van der Waals surface area contributed by atoms with E-state index < -0.39 is 0 Å². The molecule has 1 amide bonds. The fraction of sp³-hybridized carbons (Fsp3) is 0.217. The Kier molecular flexibility index (Phi) is 6.45. The third-order valence-electron chi connectivity index (χ3n) is 5.06. The van der Waals surface area contributed by atoms with E-state index in [1.807, 2.05) is 24.4 Å². The molecule has 0 radical (unpaired) electrons. The van der Waals surface area contributed by atoms with E-state index in [2.05, 4.69) is 32.0 Å². The monoisotopic (exact) mass is 497 g/mol. The molecule has 174 valence electrons. The lowest BCUT2D eigenvalue weighted by Gasteiger charge is -2.19. The zero-order valence-corrected chi connectivity index (χ0v) is 19.8. The number of thioether (sulfide) groups is 1. The molecular formula is C23H20FN5O3S2. The van der Waals surface area contributed by atoms with Gasteiger partial charge in [0.25, 0.3) is 5.91 Å². The molecule has 1 aliphatic heterocycles. The molecule has 34 heavy (non-hydrogen) atoms. The van der Waals surface area contributed by atoms with E-state index >= 15 is 0 Å². The number of amides is 1. The van der Waals surface area contributed by atoms with Crippen molar-refractivity contribution in [3.05, 3.63) is 64.5 Å². The van der Waals surface area contributed by atoms with Crippen molar-refractivity contribution in [3.8, 4) is 22.8 Å². The quantitative estimate of drug-likeness (QED) is 0.364. The second-order valence-electron chi connectivity index (χ2n) is 7.28. The fourth-order valence-electron chi connectivity index (χ4n) is 3.46. The number of nitrogens with zero attached hydrogens (tertiary/aromatic N) is 4. The second kappa shape index (κ2) is 9.82. The van der Waals surface area contributed by atoms with Crippen LogP contribution in [0.5, 0.6) is 11.5 Å². The predicted octanol–water partition coefficient (Wildman–Crippen LogP) is 4.88. The summed E-state index contributed by atoms with van der Waals surface area (Å²) in [6.07, 6.45) is 1.85. The number of rotatable bonds is 7. The first-order valence-electron chi connectivity index (χ1n) is 10.6. The van der Waals surface area contributed by atoms with Crippen molar-refractivity contribution in [3.63, 3.8) is 0 Å². The van der Waals surface area contributed by atoms with Gasteiger partial charge in [0.1, 0.15) is 24.0 Å². The Morgan fingerprint density at radius 3 is 2.74 bits per heavy atom. The van der Waals surface area contributed by atoms with Crippen LogP contribution >= 0.6 is 23.1 Å². The normalized spacial score (nSPS) is 12.5. The van der Waals surface area contributed by atoms with E-state index in [0.29, 0.717) is 29.7 Å². The van der Waals surface area contributed by atoms with Crippen molar-refractivity contribution in [1.29, 1.82) is 0 Å². The molecule has 0 saturated heterocycles. The number of imidazole rings is 1. The minimum absolute atomic E-state index is 0.246. The van der Waals surface area contributed by atoms with Gasteiger partial charge in [-0.15, -0.1) is 10.2 Å². The maximum atomic E-state index is 13.0. The Morgan fingerprint density at radius 2 is 1.94 bits per heavy atom. The summed E-state index contributed by atoms with van der Waals surface area (Å²) >= 11 is 2.75. The van der Waals surface area contributed by atoms with Crippen LogP contribution in [0.2, 0.25) is 0 Å². The number of fused-ring (bicyclic) bond motifs is 1. The Hall–Kier alpha value is -3.44. The maximum Gasteiger partial charge on any atom is 0.286 e. The lowest BCUT2D eigenvalue weighted by atomic mass is 10.1. The SMILES string of the molecule is CCn1c(-c2ccc3c(c2)OCCO3)cnc1SCc1nnc(C(=O)Nc2ccc(F)cc2)s1. The molecule has 8 nitrogen and oxygen atoms in total. The van der Waals surface area contributed by atoms with Crippen LogP contribution in [0, 0.1) is 5.82 Å². The van der Waals surface area contributed by atoms with E-state index in [1.165, 1.54) is 47.4 Å². The minimum atomic E-state index is -0.378. The molecule has 11 heteroatoms. The summed E-state index contributed by atoms with van der Waals surface area (Å²) < 4.78 is 26.5. The molecule has 0 fully saturated rings. The van der Waals surface area contributed by atoms with Gasteiger partial charge in [-0.3, -0.25) is 4.79 Å². The molecule has 0 spiro atoms. The second-order valence-corrected chi connectivity index (χ2v) is 9.28. The highest BCUT2D eigenvalue weighted by Gasteiger charge is 2.18. The summed E-state index contributed by atoms with van der Waals surface area (Å²) in [5.74, 6) is 1.27. The van der Waals surface area contributed by atoms with Crippen LogP contribution in [0.25, 0.3) is 11.3 Å². The number of ether oxygens (including phenoxy) is 2. The average molecular weight is 498 g/mol. The summed E-state index contributed by atoms with van der Waals surface area (Å²) in [5.41, 5.74) is 2.48. The van der Waals surface area contributed by atoms with Crippen molar-refractivity contribution < 1.29 is 18.7 Å². The van der Waals surface area contributed by atoms with Crippen molar-refractivity contribution >= 4 is 34.7 Å². The van der Waals surface area contributed by atoms with Crippen LogP contribution < -0.4 is 14.8 Å². The van der Waals surface area contributed by atoms with Gasteiger partial charge in [-0.1, -0.05) is 23.1 Å². The van der Waals surface area contributed by atoms with Gasteiger partial charge in [0.05, 0.1) is 17.6 Å². The van der Waals surface area contributed by atoms with Crippen LogP contribution in [0.1, 0.15) is 21.7 Å². The standard InChI is InChI=1S/C23H20FN5O3S2/c1-2-29-17(14-3-8-18-19(11-14)32-10-9-31-18)12-25-23(29)33-13-20-27-28-22(34-20)21(30)26-16-6-4-15(24)5-7-16/h3-8,11-12H,2,9-10,13H2,1H3,(H,26,30). The minimum Gasteiger partial charge on any atom is -0.486 e. The number of aromatic nitrogens is 4. The molecule has 0 unspecified atom stereocenters. The summed E-state index contributed by atoms with van der Waals surface area (Å²) in [4.78, 5) is 17.0. The van der Waals surface area contributed by atoms with E-state index in [4.69, 9.17) is 9.47 Å². The number of carbonyl (C=O) groups is 1.